The van der Waals surface area contributed by atoms with Gasteiger partial charge in [-0.05, 0) is 42.0 Å². The van der Waals surface area contributed by atoms with Gasteiger partial charge in [0.1, 0.15) is 11.3 Å². The maximum atomic E-state index is 13.4. The zero-order valence-electron chi connectivity index (χ0n) is 17.9. The first kappa shape index (κ1) is 19.9. The standard InChI is InChI=1S/C24H17N5O5/c1-33-15-5-4-14-12-29(21(30)16(14)9-15)24(22(31)27-23(32)28-24)20-10-18-19(34-20)7-6-17(26-18)13-3-2-8-25-11-13/h2-11H,12H2,1H3,(H2,27,28,31,32)/t24-/m1/s1. The summed E-state index contributed by atoms with van der Waals surface area (Å²) in [6.07, 6.45) is 3.36. The minimum Gasteiger partial charge on any atom is -0.497 e. The summed E-state index contributed by atoms with van der Waals surface area (Å²) in [6, 6.07) is 13.1. The van der Waals surface area contributed by atoms with Crippen molar-refractivity contribution in [3.05, 3.63) is 77.8 Å². The van der Waals surface area contributed by atoms with E-state index in [1.807, 2.05) is 6.07 Å². The molecular formula is C24H17N5O5. The molecule has 34 heavy (non-hydrogen) atoms. The van der Waals surface area contributed by atoms with Crippen molar-refractivity contribution in [3.8, 4) is 17.0 Å². The van der Waals surface area contributed by atoms with Crippen LogP contribution in [0.5, 0.6) is 5.75 Å². The molecule has 1 atom stereocenters. The molecule has 4 amide bonds. The molecule has 1 saturated heterocycles. The number of aromatic nitrogens is 2. The van der Waals surface area contributed by atoms with Crippen LogP contribution in [-0.4, -0.2) is 39.8 Å². The number of amides is 4. The number of methoxy groups -OCH3 is 1. The van der Waals surface area contributed by atoms with Crippen LogP contribution in [0.1, 0.15) is 21.7 Å². The zero-order valence-corrected chi connectivity index (χ0v) is 17.9. The van der Waals surface area contributed by atoms with E-state index in [0.717, 1.165) is 5.56 Å². The summed E-state index contributed by atoms with van der Waals surface area (Å²) in [4.78, 5) is 48.9. The number of imide groups is 1. The van der Waals surface area contributed by atoms with E-state index in [9.17, 15) is 14.4 Å². The molecule has 1 fully saturated rings. The lowest BCUT2D eigenvalue weighted by atomic mass is 10.0. The highest BCUT2D eigenvalue weighted by atomic mass is 16.5. The number of nitrogens with zero attached hydrogens (tertiary/aromatic N) is 3. The number of pyridine rings is 2. The van der Waals surface area contributed by atoms with Crippen molar-refractivity contribution in [1.29, 1.82) is 0 Å². The van der Waals surface area contributed by atoms with E-state index in [1.165, 1.54) is 12.0 Å². The maximum Gasteiger partial charge on any atom is 0.324 e. The molecule has 3 aromatic heterocycles. The topological polar surface area (TPSA) is 127 Å². The van der Waals surface area contributed by atoms with Crippen LogP contribution in [0.2, 0.25) is 0 Å². The molecule has 1 aromatic carbocycles. The van der Waals surface area contributed by atoms with Gasteiger partial charge in [-0.1, -0.05) is 6.07 Å². The second-order valence-electron chi connectivity index (χ2n) is 7.97. The monoisotopic (exact) mass is 455 g/mol. The lowest BCUT2D eigenvalue weighted by molar-refractivity contribution is -0.131. The Morgan fingerprint density at radius 3 is 2.74 bits per heavy atom. The molecule has 2 N–H and O–H groups in total. The third-order valence-corrected chi connectivity index (χ3v) is 6.06. The van der Waals surface area contributed by atoms with Crippen molar-refractivity contribution in [2.75, 3.05) is 7.11 Å². The predicted octanol–water partition coefficient (Wildman–Crippen LogP) is 2.55. The van der Waals surface area contributed by atoms with Crippen LogP contribution in [0.15, 0.2) is 65.3 Å². The summed E-state index contributed by atoms with van der Waals surface area (Å²) >= 11 is 0. The van der Waals surface area contributed by atoms with Crippen molar-refractivity contribution in [2.24, 2.45) is 0 Å². The van der Waals surface area contributed by atoms with Gasteiger partial charge in [-0.3, -0.25) is 24.8 Å². The van der Waals surface area contributed by atoms with Gasteiger partial charge in [-0.15, -0.1) is 0 Å². The molecule has 0 aliphatic carbocycles. The van der Waals surface area contributed by atoms with Crippen LogP contribution >= 0.6 is 0 Å². The Morgan fingerprint density at radius 1 is 1.12 bits per heavy atom. The highest BCUT2D eigenvalue weighted by molar-refractivity contribution is 6.11. The van der Waals surface area contributed by atoms with Gasteiger partial charge in [0, 0.05) is 29.6 Å². The SMILES string of the molecule is COc1ccc2c(c1)C(=O)N([C@@]1(c3cc4nc(-c5cccnc5)ccc4o3)NC(=O)NC1=O)C2. The van der Waals surface area contributed by atoms with Crippen LogP contribution in [0.4, 0.5) is 4.79 Å². The largest absolute Gasteiger partial charge is 0.497 e. The third kappa shape index (κ3) is 2.78. The van der Waals surface area contributed by atoms with Crippen LogP contribution in [0.25, 0.3) is 22.4 Å². The third-order valence-electron chi connectivity index (χ3n) is 6.06. The summed E-state index contributed by atoms with van der Waals surface area (Å²) in [5, 5.41) is 4.86. The Labute approximate surface area is 192 Å². The highest BCUT2D eigenvalue weighted by Crippen LogP contribution is 2.39. The number of carbonyl (C=O) groups is 3. The molecular weight excluding hydrogens is 438 g/mol. The number of hydrogen-bond acceptors (Lipinski definition) is 7. The maximum absolute atomic E-state index is 13.4. The van der Waals surface area contributed by atoms with Crippen LogP contribution in [0, 0.1) is 0 Å². The zero-order chi connectivity index (χ0) is 23.4. The minimum atomic E-state index is -1.87. The molecule has 0 unspecified atom stereocenters. The van der Waals surface area contributed by atoms with Crippen LogP contribution < -0.4 is 15.4 Å². The number of furan rings is 1. The summed E-state index contributed by atoms with van der Waals surface area (Å²) < 4.78 is 11.2. The van der Waals surface area contributed by atoms with Gasteiger partial charge < -0.3 is 14.5 Å². The van der Waals surface area contributed by atoms with E-state index in [2.05, 4.69) is 20.6 Å². The lowest BCUT2D eigenvalue weighted by Crippen LogP contribution is -2.57. The first-order chi connectivity index (χ1) is 16.5. The van der Waals surface area contributed by atoms with E-state index < -0.39 is 23.5 Å². The van der Waals surface area contributed by atoms with Gasteiger partial charge in [0.2, 0.25) is 0 Å². The number of rotatable bonds is 4. The van der Waals surface area contributed by atoms with Crippen LogP contribution in [-0.2, 0) is 17.0 Å². The molecule has 0 bridgehead atoms. The molecule has 10 nitrogen and oxygen atoms in total. The summed E-state index contributed by atoms with van der Waals surface area (Å²) in [5.74, 6) is -0.554. The van der Waals surface area contributed by atoms with Gasteiger partial charge in [0.05, 0.1) is 19.3 Å². The number of hydrogen-bond donors (Lipinski definition) is 2. The Balaban J connectivity index is 1.47. The van der Waals surface area contributed by atoms with Crippen molar-refractivity contribution >= 4 is 28.9 Å². The Bertz CT molecular complexity index is 1500. The summed E-state index contributed by atoms with van der Waals surface area (Å²) in [6.45, 7) is 0.0945. The quantitative estimate of drug-likeness (QED) is 0.453. The van der Waals surface area contributed by atoms with Crippen molar-refractivity contribution in [1.82, 2.24) is 25.5 Å². The highest BCUT2D eigenvalue weighted by Gasteiger charge is 2.58. The molecule has 2 aliphatic heterocycles. The predicted molar refractivity (Wildman–Crippen MR) is 118 cm³/mol. The smallest absolute Gasteiger partial charge is 0.324 e. The number of fused-ring (bicyclic) bond motifs is 2. The Hall–Kier alpha value is -4.73. The molecule has 6 rings (SSSR count). The van der Waals surface area contributed by atoms with E-state index in [4.69, 9.17) is 9.15 Å². The number of carbonyl (C=O) groups excluding carboxylic acids is 3. The average molecular weight is 455 g/mol. The van der Waals surface area contributed by atoms with Crippen molar-refractivity contribution in [2.45, 2.75) is 12.2 Å². The number of ether oxygens (including phenoxy) is 1. The Morgan fingerprint density at radius 2 is 2.00 bits per heavy atom. The second-order valence-corrected chi connectivity index (χ2v) is 7.97. The van der Waals surface area contributed by atoms with E-state index in [1.54, 1.807) is 54.9 Å². The van der Waals surface area contributed by atoms with E-state index >= 15 is 0 Å². The number of urea groups is 1. The Kier molecular flexibility index (Phi) is 4.18. The van der Waals surface area contributed by atoms with E-state index in [-0.39, 0.29) is 12.3 Å². The summed E-state index contributed by atoms with van der Waals surface area (Å²) in [7, 11) is 1.51. The van der Waals surface area contributed by atoms with Gasteiger partial charge in [-0.25, -0.2) is 9.78 Å². The molecule has 0 saturated carbocycles. The molecule has 2 aliphatic rings. The van der Waals surface area contributed by atoms with Gasteiger partial charge in [0.15, 0.2) is 11.3 Å². The van der Waals surface area contributed by atoms with Crippen LogP contribution in [0.3, 0.4) is 0 Å². The first-order valence-corrected chi connectivity index (χ1v) is 10.4. The van der Waals surface area contributed by atoms with Crippen molar-refractivity contribution < 1.29 is 23.5 Å². The van der Waals surface area contributed by atoms with E-state index in [0.29, 0.717) is 33.7 Å². The molecule has 4 aromatic rings. The number of benzene rings is 1. The number of nitrogens with one attached hydrogen (secondary N) is 2. The lowest BCUT2D eigenvalue weighted by Gasteiger charge is -2.33. The summed E-state index contributed by atoms with van der Waals surface area (Å²) in [5.41, 5.74) is 1.58. The average Bonchev–Trinajstić information content (AvgIpc) is 3.52. The normalized spacial score (nSPS) is 19.3. The molecule has 5 heterocycles. The molecule has 0 radical (unpaired) electrons. The fourth-order valence-corrected chi connectivity index (χ4v) is 4.40. The molecule has 0 spiro atoms. The fourth-order valence-electron chi connectivity index (χ4n) is 4.40. The second kappa shape index (κ2) is 7.14. The molecule has 10 heteroatoms. The minimum absolute atomic E-state index is 0.0785. The first-order valence-electron chi connectivity index (χ1n) is 10.4. The van der Waals surface area contributed by atoms with Gasteiger partial charge in [0.25, 0.3) is 17.5 Å². The van der Waals surface area contributed by atoms with Crippen molar-refractivity contribution in [3.63, 3.8) is 0 Å². The molecule has 168 valence electrons. The van der Waals surface area contributed by atoms with Gasteiger partial charge in [-0.2, -0.15) is 0 Å². The van der Waals surface area contributed by atoms with Gasteiger partial charge >= 0.3 is 6.03 Å². The fraction of sp³-hybridized carbons (Fsp3) is 0.125.